The molecule has 0 unspecified atom stereocenters. The fourth-order valence-corrected chi connectivity index (χ4v) is 4.63. The lowest BCUT2D eigenvalue weighted by molar-refractivity contribution is -0.324. The van der Waals surface area contributed by atoms with Gasteiger partial charge in [0.05, 0.1) is 18.8 Å². The van der Waals surface area contributed by atoms with Crippen molar-refractivity contribution >= 4 is 0 Å². The van der Waals surface area contributed by atoms with E-state index in [4.69, 9.17) is 14.2 Å². The predicted octanol–water partition coefficient (Wildman–Crippen LogP) is 5.47. The maximum Gasteiger partial charge on any atom is 0.169 e. The van der Waals surface area contributed by atoms with Crippen LogP contribution in [0.15, 0.2) is 30.3 Å². The van der Waals surface area contributed by atoms with Gasteiger partial charge in [-0.05, 0) is 62.3 Å². The van der Waals surface area contributed by atoms with Gasteiger partial charge < -0.3 is 19.3 Å². The lowest BCUT2D eigenvalue weighted by Gasteiger charge is -2.48. The van der Waals surface area contributed by atoms with Crippen molar-refractivity contribution in [3.8, 4) is 0 Å². The predicted molar refractivity (Wildman–Crippen MR) is 116 cm³/mol. The summed E-state index contributed by atoms with van der Waals surface area (Å²) in [5.41, 5.74) is 1.23. The third-order valence-electron chi connectivity index (χ3n) is 6.63. The molecule has 1 spiro atoms. The topological polar surface area (TPSA) is 47.9 Å². The average molecular weight is 405 g/mol. The average Bonchev–Trinajstić information content (AvgIpc) is 2.75. The quantitative estimate of drug-likeness (QED) is 0.525. The summed E-state index contributed by atoms with van der Waals surface area (Å²) in [6.45, 7) is 6.14. The van der Waals surface area contributed by atoms with Crippen molar-refractivity contribution in [3.05, 3.63) is 35.9 Å². The lowest BCUT2D eigenvalue weighted by atomic mass is 9.85. The number of aliphatic hydroxyl groups excluding tert-OH is 1. The molecule has 2 aliphatic rings. The molecule has 2 saturated heterocycles. The first-order chi connectivity index (χ1) is 14.1. The minimum Gasteiger partial charge on any atom is -0.396 e. The van der Waals surface area contributed by atoms with Crippen molar-refractivity contribution in [2.45, 2.75) is 96.2 Å². The Kier molecular flexibility index (Phi) is 8.98. The third kappa shape index (κ3) is 7.06. The van der Waals surface area contributed by atoms with E-state index in [0.29, 0.717) is 18.4 Å². The van der Waals surface area contributed by atoms with Gasteiger partial charge in [-0.1, -0.05) is 44.2 Å². The summed E-state index contributed by atoms with van der Waals surface area (Å²) in [7, 11) is 0. The molecular weight excluding hydrogens is 364 g/mol. The lowest BCUT2D eigenvalue weighted by Crippen LogP contribution is -2.50. The first-order valence-electron chi connectivity index (χ1n) is 11.7. The summed E-state index contributed by atoms with van der Waals surface area (Å²) in [5, 5.41) is 9.28. The Morgan fingerprint density at radius 2 is 1.97 bits per heavy atom. The van der Waals surface area contributed by atoms with Crippen LogP contribution in [0.5, 0.6) is 0 Å². The monoisotopic (exact) mass is 404 g/mol. The second-order valence-electron chi connectivity index (χ2n) is 9.26. The van der Waals surface area contributed by atoms with E-state index < -0.39 is 0 Å². The molecule has 0 radical (unpaired) electrons. The van der Waals surface area contributed by atoms with Crippen molar-refractivity contribution in [2.75, 3.05) is 13.2 Å². The number of rotatable bonds is 10. The zero-order valence-electron chi connectivity index (χ0n) is 18.4. The minimum absolute atomic E-state index is 0.263. The Balaban J connectivity index is 1.41. The van der Waals surface area contributed by atoms with Crippen LogP contribution in [0.1, 0.15) is 77.2 Å². The van der Waals surface area contributed by atoms with Gasteiger partial charge in [0, 0.05) is 26.1 Å². The molecular formula is C25H40O4. The smallest absolute Gasteiger partial charge is 0.169 e. The summed E-state index contributed by atoms with van der Waals surface area (Å²) in [4.78, 5) is 0. The maximum atomic E-state index is 9.28. The maximum absolute atomic E-state index is 9.28. The van der Waals surface area contributed by atoms with Crippen LogP contribution in [0.4, 0.5) is 0 Å². The van der Waals surface area contributed by atoms with Gasteiger partial charge >= 0.3 is 0 Å². The van der Waals surface area contributed by atoms with Crippen LogP contribution in [0.25, 0.3) is 0 Å². The highest BCUT2D eigenvalue weighted by Gasteiger charge is 2.44. The zero-order chi connectivity index (χ0) is 20.5. The molecule has 4 heteroatoms. The highest BCUT2D eigenvalue weighted by atomic mass is 16.7. The van der Waals surface area contributed by atoms with Crippen molar-refractivity contribution in [1.29, 1.82) is 0 Å². The van der Waals surface area contributed by atoms with Gasteiger partial charge in [-0.2, -0.15) is 0 Å². The molecule has 1 aromatic carbocycles. The van der Waals surface area contributed by atoms with Crippen LogP contribution in [-0.4, -0.2) is 36.3 Å². The standard InChI is InChI=1S/C25H40O4/c1-20(18-26)12-13-23-10-6-15-25(28-23)16-14-21(2)24(29-25)11-7-17-27-19-22-8-4-3-5-9-22/h3-5,8-9,20-21,23-24,26H,6-7,10-19H2,1-2H3/t20-,21-,23-,24+,25-/m0/s1. The first kappa shape index (κ1) is 22.7. The Bertz CT molecular complexity index is 577. The van der Waals surface area contributed by atoms with E-state index in [0.717, 1.165) is 51.6 Å². The van der Waals surface area contributed by atoms with Gasteiger partial charge in [0.15, 0.2) is 5.79 Å². The van der Waals surface area contributed by atoms with Crippen LogP contribution in [0, 0.1) is 11.8 Å². The largest absolute Gasteiger partial charge is 0.396 e. The van der Waals surface area contributed by atoms with E-state index in [1.807, 2.05) is 6.07 Å². The summed E-state index contributed by atoms with van der Waals surface area (Å²) in [6.07, 6.45) is 10.2. The molecule has 5 atom stereocenters. The van der Waals surface area contributed by atoms with E-state index >= 15 is 0 Å². The molecule has 1 N–H and O–H groups in total. The molecule has 29 heavy (non-hydrogen) atoms. The molecule has 3 rings (SSSR count). The Morgan fingerprint density at radius 1 is 1.14 bits per heavy atom. The Labute approximate surface area is 176 Å². The van der Waals surface area contributed by atoms with Crippen molar-refractivity contribution in [1.82, 2.24) is 0 Å². The Morgan fingerprint density at radius 3 is 2.76 bits per heavy atom. The minimum atomic E-state index is -0.368. The molecule has 0 bridgehead atoms. The summed E-state index contributed by atoms with van der Waals surface area (Å²) in [5.74, 6) is 0.563. The molecule has 2 fully saturated rings. The van der Waals surface area contributed by atoms with E-state index in [1.54, 1.807) is 0 Å². The number of aliphatic hydroxyl groups is 1. The van der Waals surface area contributed by atoms with Crippen LogP contribution >= 0.6 is 0 Å². The van der Waals surface area contributed by atoms with Gasteiger partial charge in [0.2, 0.25) is 0 Å². The van der Waals surface area contributed by atoms with Gasteiger partial charge in [0.25, 0.3) is 0 Å². The number of hydrogen-bond acceptors (Lipinski definition) is 4. The number of ether oxygens (including phenoxy) is 3. The van der Waals surface area contributed by atoms with Crippen molar-refractivity contribution < 1.29 is 19.3 Å². The highest BCUT2D eigenvalue weighted by Crippen LogP contribution is 2.42. The number of benzene rings is 1. The third-order valence-corrected chi connectivity index (χ3v) is 6.63. The highest BCUT2D eigenvalue weighted by molar-refractivity contribution is 5.13. The van der Waals surface area contributed by atoms with Crippen LogP contribution in [-0.2, 0) is 20.8 Å². The van der Waals surface area contributed by atoms with E-state index in [2.05, 4.69) is 38.1 Å². The fraction of sp³-hybridized carbons (Fsp3) is 0.760. The molecule has 0 aliphatic carbocycles. The molecule has 2 aliphatic heterocycles. The van der Waals surface area contributed by atoms with Gasteiger partial charge in [-0.25, -0.2) is 0 Å². The van der Waals surface area contributed by atoms with Gasteiger partial charge in [-0.15, -0.1) is 0 Å². The molecule has 0 amide bonds. The molecule has 1 aromatic rings. The number of hydrogen-bond donors (Lipinski definition) is 1. The second kappa shape index (κ2) is 11.5. The summed E-state index contributed by atoms with van der Waals surface area (Å²) >= 11 is 0. The van der Waals surface area contributed by atoms with Crippen LogP contribution < -0.4 is 0 Å². The van der Waals surface area contributed by atoms with Crippen molar-refractivity contribution in [3.63, 3.8) is 0 Å². The van der Waals surface area contributed by atoms with E-state index in [9.17, 15) is 5.11 Å². The molecule has 164 valence electrons. The van der Waals surface area contributed by atoms with E-state index in [-0.39, 0.29) is 24.6 Å². The van der Waals surface area contributed by atoms with E-state index in [1.165, 1.54) is 18.4 Å². The fourth-order valence-electron chi connectivity index (χ4n) is 4.63. The Hall–Kier alpha value is -0.940. The zero-order valence-corrected chi connectivity index (χ0v) is 18.4. The first-order valence-corrected chi connectivity index (χ1v) is 11.7. The molecule has 2 heterocycles. The molecule has 4 nitrogen and oxygen atoms in total. The molecule has 0 saturated carbocycles. The van der Waals surface area contributed by atoms with Crippen molar-refractivity contribution in [2.24, 2.45) is 11.8 Å². The van der Waals surface area contributed by atoms with Gasteiger partial charge in [-0.3, -0.25) is 0 Å². The van der Waals surface area contributed by atoms with Gasteiger partial charge in [0.1, 0.15) is 0 Å². The van der Waals surface area contributed by atoms with Crippen LogP contribution in [0.3, 0.4) is 0 Å². The SMILES string of the molecule is C[C@H](CO)CC[C@@H]1CCC[C@]2(CC[C@H](C)[C@@H](CCCOCc3ccccc3)O2)O1. The second-order valence-corrected chi connectivity index (χ2v) is 9.26. The summed E-state index contributed by atoms with van der Waals surface area (Å²) in [6, 6.07) is 10.4. The van der Waals surface area contributed by atoms with Crippen LogP contribution in [0.2, 0.25) is 0 Å². The molecule has 0 aromatic heterocycles. The summed E-state index contributed by atoms with van der Waals surface area (Å²) < 4.78 is 19.0. The normalized spacial score (nSPS) is 31.1.